The summed E-state index contributed by atoms with van der Waals surface area (Å²) in [4.78, 5) is 8.36. The number of benzene rings is 1. The number of nitrogens with zero attached hydrogens (tertiary/aromatic N) is 3. The van der Waals surface area contributed by atoms with E-state index in [-0.39, 0.29) is 0 Å². The van der Waals surface area contributed by atoms with Gasteiger partial charge in [-0.1, -0.05) is 23.4 Å². The Hall–Kier alpha value is -2.69. The largest absolute Gasteiger partial charge is 0.385 e. The third-order valence-corrected chi connectivity index (χ3v) is 3.08. The van der Waals surface area contributed by atoms with Crippen LogP contribution in [0.25, 0.3) is 11.4 Å². The highest BCUT2D eigenvalue weighted by Gasteiger charge is 2.07. The Morgan fingerprint density at radius 1 is 1.00 bits per heavy atom. The van der Waals surface area contributed by atoms with Crippen molar-refractivity contribution in [3.05, 3.63) is 60.7 Å². The first-order valence-electron chi connectivity index (χ1n) is 6.94. The fourth-order valence-corrected chi connectivity index (χ4v) is 2.00. The fourth-order valence-electron chi connectivity index (χ4n) is 2.00. The minimum atomic E-state index is 0.614. The second kappa shape index (κ2) is 6.65. The Balaban J connectivity index is 1.49. The lowest BCUT2D eigenvalue weighted by atomic mass is 10.2. The topological polar surface area (TPSA) is 63.8 Å². The smallest absolute Gasteiger partial charge is 0.227 e. The van der Waals surface area contributed by atoms with E-state index >= 15 is 0 Å². The Labute approximate surface area is 123 Å². The minimum absolute atomic E-state index is 0.614. The van der Waals surface area contributed by atoms with Crippen molar-refractivity contribution in [1.82, 2.24) is 15.1 Å². The third-order valence-electron chi connectivity index (χ3n) is 3.08. The lowest BCUT2D eigenvalue weighted by Gasteiger charge is -2.03. The summed E-state index contributed by atoms with van der Waals surface area (Å²) in [5.74, 6) is 1.28. The van der Waals surface area contributed by atoms with Crippen LogP contribution in [-0.2, 0) is 6.42 Å². The van der Waals surface area contributed by atoms with Gasteiger partial charge in [0, 0.05) is 36.6 Å². The molecule has 0 aliphatic carbocycles. The van der Waals surface area contributed by atoms with E-state index < -0.39 is 0 Å². The van der Waals surface area contributed by atoms with E-state index in [1.807, 2.05) is 42.5 Å². The molecule has 0 atom stereocenters. The van der Waals surface area contributed by atoms with Gasteiger partial charge in [0.15, 0.2) is 0 Å². The number of anilines is 1. The normalized spacial score (nSPS) is 10.5. The number of aromatic nitrogens is 3. The van der Waals surface area contributed by atoms with Gasteiger partial charge in [-0.3, -0.25) is 4.98 Å². The van der Waals surface area contributed by atoms with E-state index in [0.29, 0.717) is 11.7 Å². The first-order valence-corrected chi connectivity index (χ1v) is 6.94. The van der Waals surface area contributed by atoms with Crippen molar-refractivity contribution in [3.8, 4) is 11.4 Å². The standard InChI is InChI=1S/C16H16N4O/c1-2-5-14(6-3-1)18-10-4-7-15-19-16(20-21-15)13-8-11-17-12-9-13/h1-3,5-6,8-9,11-12,18H,4,7,10H2. The molecule has 3 aromatic rings. The summed E-state index contributed by atoms with van der Waals surface area (Å²) in [5, 5.41) is 7.34. The zero-order valence-corrected chi connectivity index (χ0v) is 11.6. The number of para-hydroxylation sites is 1. The number of hydrogen-bond donors (Lipinski definition) is 1. The Bertz CT molecular complexity index is 667. The van der Waals surface area contributed by atoms with Crippen LogP contribution in [0, 0.1) is 0 Å². The molecule has 5 nitrogen and oxygen atoms in total. The van der Waals surface area contributed by atoms with Crippen molar-refractivity contribution in [2.24, 2.45) is 0 Å². The van der Waals surface area contributed by atoms with Crippen LogP contribution >= 0.6 is 0 Å². The van der Waals surface area contributed by atoms with Gasteiger partial charge in [0.05, 0.1) is 0 Å². The highest BCUT2D eigenvalue weighted by molar-refractivity contribution is 5.52. The zero-order valence-electron chi connectivity index (χ0n) is 11.6. The molecule has 0 amide bonds. The zero-order chi connectivity index (χ0) is 14.3. The van der Waals surface area contributed by atoms with Gasteiger partial charge in [-0.2, -0.15) is 4.98 Å². The van der Waals surface area contributed by atoms with Crippen LogP contribution in [0.1, 0.15) is 12.3 Å². The molecule has 3 rings (SSSR count). The van der Waals surface area contributed by atoms with E-state index in [1.54, 1.807) is 12.4 Å². The molecule has 21 heavy (non-hydrogen) atoms. The molecule has 2 aromatic heterocycles. The molecule has 0 radical (unpaired) electrons. The molecule has 0 aliphatic rings. The first kappa shape index (κ1) is 13.3. The van der Waals surface area contributed by atoms with Gasteiger partial charge < -0.3 is 9.84 Å². The Morgan fingerprint density at radius 2 is 1.81 bits per heavy atom. The predicted molar refractivity (Wildman–Crippen MR) is 80.8 cm³/mol. The van der Waals surface area contributed by atoms with Crippen LogP contribution in [-0.4, -0.2) is 21.7 Å². The first-order chi connectivity index (χ1) is 10.4. The van der Waals surface area contributed by atoms with Crippen LogP contribution < -0.4 is 5.32 Å². The van der Waals surface area contributed by atoms with Gasteiger partial charge in [0.1, 0.15) is 0 Å². The minimum Gasteiger partial charge on any atom is -0.385 e. The van der Waals surface area contributed by atoms with Crippen LogP contribution in [0.15, 0.2) is 59.4 Å². The maximum absolute atomic E-state index is 5.26. The maximum Gasteiger partial charge on any atom is 0.227 e. The molecule has 106 valence electrons. The summed E-state index contributed by atoms with van der Waals surface area (Å²) in [6.45, 7) is 0.872. The van der Waals surface area contributed by atoms with Gasteiger partial charge in [-0.25, -0.2) is 0 Å². The lowest BCUT2D eigenvalue weighted by molar-refractivity contribution is 0.377. The van der Waals surface area contributed by atoms with Gasteiger partial charge in [0.25, 0.3) is 0 Å². The van der Waals surface area contributed by atoms with Crippen LogP contribution in [0.5, 0.6) is 0 Å². The molecule has 2 heterocycles. The molecular weight excluding hydrogens is 264 g/mol. The van der Waals surface area contributed by atoms with Crippen molar-refractivity contribution >= 4 is 5.69 Å². The second-order valence-corrected chi connectivity index (χ2v) is 4.64. The van der Waals surface area contributed by atoms with E-state index in [9.17, 15) is 0 Å². The number of hydrogen-bond acceptors (Lipinski definition) is 5. The van der Waals surface area contributed by atoms with Crippen molar-refractivity contribution < 1.29 is 4.52 Å². The molecule has 0 unspecified atom stereocenters. The average molecular weight is 280 g/mol. The quantitative estimate of drug-likeness (QED) is 0.703. The van der Waals surface area contributed by atoms with Gasteiger partial charge in [0.2, 0.25) is 11.7 Å². The number of aryl methyl sites for hydroxylation is 1. The summed E-state index contributed by atoms with van der Waals surface area (Å²) in [7, 11) is 0. The van der Waals surface area contributed by atoms with Crippen molar-refractivity contribution in [2.75, 3.05) is 11.9 Å². The molecule has 5 heteroatoms. The second-order valence-electron chi connectivity index (χ2n) is 4.64. The lowest BCUT2D eigenvalue weighted by Crippen LogP contribution is -2.02. The summed E-state index contributed by atoms with van der Waals surface area (Å²) in [6, 6.07) is 13.9. The van der Waals surface area contributed by atoms with Gasteiger partial charge in [-0.05, 0) is 30.7 Å². The molecule has 1 N–H and O–H groups in total. The third kappa shape index (κ3) is 3.66. The summed E-state index contributed by atoms with van der Waals surface area (Å²) >= 11 is 0. The highest BCUT2D eigenvalue weighted by atomic mass is 16.5. The summed E-state index contributed by atoms with van der Waals surface area (Å²) in [6.07, 6.45) is 5.13. The Morgan fingerprint density at radius 3 is 2.62 bits per heavy atom. The summed E-state index contributed by atoms with van der Waals surface area (Å²) in [5.41, 5.74) is 2.04. The molecule has 0 saturated heterocycles. The van der Waals surface area contributed by atoms with E-state index in [0.717, 1.165) is 30.6 Å². The molecule has 0 bridgehead atoms. The molecule has 0 fully saturated rings. The van der Waals surface area contributed by atoms with E-state index in [4.69, 9.17) is 4.52 Å². The summed E-state index contributed by atoms with van der Waals surface area (Å²) < 4.78 is 5.26. The number of pyridine rings is 1. The van der Waals surface area contributed by atoms with Crippen LogP contribution in [0.4, 0.5) is 5.69 Å². The predicted octanol–water partition coefficient (Wildman–Crippen LogP) is 3.18. The van der Waals surface area contributed by atoms with E-state index in [1.165, 1.54) is 0 Å². The molecule has 0 spiro atoms. The maximum atomic E-state index is 5.26. The SMILES string of the molecule is c1ccc(NCCCc2nc(-c3ccncc3)no2)cc1. The highest BCUT2D eigenvalue weighted by Crippen LogP contribution is 2.14. The van der Waals surface area contributed by atoms with Gasteiger partial charge >= 0.3 is 0 Å². The average Bonchev–Trinajstić information content (AvgIpc) is 3.02. The molecule has 0 aliphatic heterocycles. The van der Waals surface area contributed by atoms with Crippen LogP contribution in [0.3, 0.4) is 0 Å². The molecule has 1 aromatic carbocycles. The number of rotatable bonds is 6. The van der Waals surface area contributed by atoms with E-state index in [2.05, 4.69) is 20.4 Å². The van der Waals surface area contributed by atoms with Crippen molar-refractivity contribution in [2.45, 2.75) is 12.8 Å². The Kier molecular flexibility index (Phi) is 4.21. The van der Waals surface area contributed by atoms with Crippen molar-refractivity contribution in [1.29, 1.82) is 0 Å². The molecular formula is C16H16N4O. The number of nitrogens with one attached hydrogen (secondary N) is 1. The fraction of sp³-hybridized carbons (Fsp3) is 0.188. The molecule has 0 saturated carbocycles. The van der Waals surface area contributed by atoms with Gasteiger partial charge in [-0.15, -0.1) is 0 Å². The monoisotopic (exact) mass is 280 g/mol. The van der Waals surface area contributed by atoms with Crippen molar-refractivity contribution in [3.63, 3.8) is 0 Å². The van der Waals surface area contributed by atoms with Crippen LogP contribution in [0.2, 0.25) is 0 Å².